The third-order valence-corrected chi connectivity index (χ3v) is 9.88. The Hall–Kier alpha value is 0.320. The molecule has 6 saturated carbocycles. The number of hydrogen-bond acceptors (Lipinski definition) is 4. The average Bonchev–Trinajstić information content (AvgIpc) is 3.19. The highest BCUT2D eigenvalue weighted by Gasteiger charge is 3.07. The van der Waals surface area contributed by atoms with Crippen molar-refractivity contribution < 1.29 is 18.9 Å². The molecule has 0 N–H and O–H groups in total. The maximum atomic E-state index is 6.28. The largest absolute Gasteiger partial charge is 0.347 e. The molecule has 20 heavy (non-hydrogen) atoms. The first kappa shape index (κ1) is 10.9. The molecule has 5 heteroatoms. The molecule has 4 nitrogen and oxygen atoms in total. The molecular weight excluding hydrogens is 324 g/mol. The topological polar surface area (TPSA) is 36.9 Å². The maximum Gasteiger partial charge on any atom is 0.187 e. The van der Waals surface area contributed by atoms with E-state index in [9.17, 15) is 0 Å². The van der Waals surface area contributed by atoms with Crippen molar-refractivity contribution >= 4 is 15.9 Å². The Balaban J connectivity index is 1.53. The highest BCUT2D eigenvalue weighted by Crippen LogP contribution is 3.00. The first-order chi connectivity index (χ1) is 9.65. The van der Waals surface area contributed by atoms with Gasteiger partial charge < -0.3 is 18.9 Å². The molecule has 2 spiro atoms. The van der Waals surface area contributed by atoms with Crippen LogP contribution in [0.4, 0.5) is 0 Å². The van der Waals surface area contributed by atoms with Crippen molar-refractivity contribution in [2.24, 2.45) is 40.9 Å². The fourth-order valence-electron chi connectivity index (χ4n) is 8.35. The van der Waals surface area contributed by atoms with E-state index in [2.05, 4.69) is 22.9 Å². The minimum atomic E-state index is -0.384. The van der Waals surface area contributed by atoms with Gasteiger partial charge in [0.05, 0.1) is 30.8 Å². The summed E-state index contributed by atoms with van der Waals surface area (Å²) in [5.74, 6) is 2.94. The smallest absolute Gasteiger partial charge is 0.187 e. The van der Waals surface area contributed by atoms with E-state index in [1.165, 1.54) is 0 Å². The summed E-state index contributed by atoms with van der Waals surface area (Å²) in [6.07, 6.45) is 0. The standard InChI is InChI=1S/C15H17BrO4/c1-12-6-8-7(12)10-11(14(12)17-2-3-18-14)9(6)13(8,16)15(10)19-4-5-20-15/h6-11H,2-5H2,1H3. The highest BCUT2D eigenvalue weighted by molar-refractivity contribution is 9.10. The molecule has 8 aliphatic rings. The zero-order chi connectivity index (χ0) is 13.1. The lowest BCUT2D eigenvalue weighted by atomic mass is 9.35. The molecule has 4 bridgehead atoms. The Bertz CT molecular complexity index is 518. The van der Waals surface area contributed by atoms with E-state index in [1.807, 2.05) is 0 Å². The highest BCUT2D eigenvalue weighted by atomic mass is 79.9. The predicted octanol–water partition coefficient (Wildman–Crippen LogP) is 1.38. The molecule has 6 aliphatic carbocycles. The molecule has 0 aromatic heterocycles. The van der Waals surface area contributed by atoms with Crippen LogP contribution >= 0.6 is 15.9 Å². The van der Waals surface area contributed by atoms with Crippen molar-refractivity contribution in [3.05, 3.63) is 0 Å². The monoisotopic (exact) mass is 340 g/mol. The molecule has 0 aromatic rings. The van der Waals surface area contributed by atoms with Gasteiger partial charge in [-0.2, -0.15) is 0 Å². The molecule has 2 heterocycles. The molecule has 8 unspecified atom stereocenters. The Labute approximate surface area is 125 Å². The van der Waals surface area contributed by atoms with E-state index in [0.717, 1.165) is 32.3 Å². The van der Waals surface area contributed by atoms with Gasteiger partial charge in [-0.25, -0.2) is 0 Å². The molecule has 2 saturated heterocycles. The minimum absolute atomic E-state index is 0.0412. The van der Waals surface area contributed by atoms with Crippen molar-refractivity contribution in [1.82, 2.24) is 0 Å². The molecule has 8 atom stereocenters. The molecule has 8 fully saturated rings. The van der Waals surface area contributed by atoms with E-state index >= 15 is 0 Å². The molecule has 108 valence electrons. The van der Waals surface area contributed by atoms with Crippen LogP contribution in [0.25, 0.3) is 0 Å². The summed E-state index contributed by atoms with van der Waals surface area (Å²) < 4.78 is 25.1. The first-order valence-corrected chi connectivity index (χ1v) is 8.69. The number of alkyl halides is 1. The van der Waals surface area contributed by atoms with Gasteiger partial charge in [-0.3, -0.25) is 0 Å². The molecule has 2 aliphatic heterocycles. The van der Waals surface area contributed by atoms with Crippen LogP contribution in [0.1, 0.15) is 6.92 Å². The van der Waals surface area contributed by atoms with Crippen LogP contribution in [-0.4, -0.2) is 42.3 Å². The molecule has 0 aromatic carbocycles. The Kier molecular flexibility index (Phi) is 1.40. The van der Waals surface area contributed by atoms with E-state index in [4.69, 9.17) is 18.9 Å². The predicted molar refractivity (Wildman–Crippen MR) is 70.0 cm³/mol. The van der Waals surface area contributed by atoms with Gasteiger partial charge in [-0.15, -0.1) is 0 Å². The number of halogens is 1. The molecule has 8 rings (SSSR count). The first-order valence-electron chi connectivity index (χ1n) is 7.89. The summed E-state index contributed by atoms with van der Waals surface area (Å²) in [5, 5.41) is 0. The SMILES string of the molecule is CC12C3C4C(C5C1C3C5(Br)C41OCCO1)C21OCCO1. The third-order valence-electron chi connectivity index (χ3n) is 8.27. The summed E-state index contributed by atoms with van der Waals surface area (Å²) in [6, 6.07) is 0. The molecule has 0 amide bonds. The average molecular weight is 341 g/mol. The quantitative estimate of drug-likeness (QED) is 0.624. The fourth-order valence-corrected chi connectivity index (χ4v) is 9.98. The van der Waals surface area contributed by atoms with E-state index in [0.29, 0.717) is 29.6 Å². The fraction of sp³-hybridized carbons (Fsp3) is 1.00. The van der Waals surface area contributed by atoms with Crippen LogP contribution in [0.15, 0.2) is 0 Å². The maximum absolute atomic E-state index is 6.28. The Morgan fingerprint density at radius 3 is 1.75 bits per heavy atom. The lowest BCUT2D eigenvalue weighted by molar-refractivity contribution is -0.289. The molecular formula is C15H17BrO4. The second kappa shape index (κ2) is 2.56. The van der Waals surface area contributed by atoms with Gasteiger partial charge in [0.15, 0.2) is 11.6 Å². The summed E-state index contributed by atoms with van der Waals surface area (Å²) in [4.78, 5) is 0. The zero-order valence-electron chi connectivity index (χ0n) is 11.3. The van der Waals surface area contributed by atoms with Crippen molar-refractivity contribution in [2.75, 3.05) is 26.4 Å². The van der Waals surface area contributed by atoms with Crippen molar-refractivity contribution in [2.45, 2.75) is 22.8 Å². The Morgan fingerprint density at radius 2 is 1.15 bits per heavy atom. The van der Waals surface area contributed by atoms with Gasteiger partial charge in [-0.05, 0) is 23.7 Å². The number of hydrogen-bond donors (Lipinski definition) is 0. The van der Waals surface area contributed by atoms with Crippen LogP contribution < -0.4 is 0 Å². The van der Waals surface area contributed by atoms with Gasteiger partial charge in [0.2, 0.25) is 0 Å². The number of ether oxygens (including phenoxy) is 4. The van der Waals surface area contributed by atoms with Crippen LogP contribution in [0, 0.1) is 40.9 Å². The van der Waals surface area contributed by atoms with Crippen molar-refractivity contribution in [3.63, 3.8) is 0 Å². The van der Waals surface area contributed by atoms with Gasteiger partial charge >= 0.3 is 0 Å². The summed E-state index contributed by atoms with van der Waals surface area (Å²) in [6.45, 7) is 5.38. The van der Waals surface area contributed by atoms with Crippen molar-refractivity contribution in [1.29, 1.82) is 0 Å². The molecule has 0 radical (unpaired) electrons. The normalized spacial score (nSPS) is 71.1. The Morgan fingerprint density at radius 1 is 0.700 bits per heavy atom. The second-order valence-electron chi connectivity index (χ2n) is 7.93. The minimum Gasteiger partial charge on any atom is -0.347 e. The van der Waals surface area contributed by atoms with E-state index in [1.54, 1.807) is 0 Å². The summed E-state index contributed by atoms with van der Waals surface area (Å²) in [5.41, 5.74) is 0.199. The van der Waals surface area contributed by atoms with Crippen molar-refractivity contribution in [3.8, 4) is 0 Å². The zero-order valence-corrected chi connectivity index (χ0v) is 12.9. The third kappa shape index (κ3) is 0.592. The van der Waals surface area contributed by atoms with Gasteiger partial charge in [0.1, 0.15) is 0 Å². The summed E-state index contributed by atoms with van der Waals surface area (Å²) >= 11 is 4.12. The van der Waals surface area contributed by atoms with E-state index < -0.39 is 0 Å². The lowest BCUT2D eigenvalue weighted by Gasteiger charge is -2.71. The van der Waals surface area contributed by atoms with Crippen LogP contribution in [0.5, 0.6) is 0 Å². The van der Waals surface area contributed by atoms with Gasteiger partial charge in [0, 0.05) is 17.3 Å². The van der Waals surface area contributed by atoms with Crippen LogP contribution in [0.2, 0.25) is 0 Å². The number of rotatable bonds is 0. The van der Waals surface area contributed by atoms with Gasteiger partial charge in [-0.1, -0.05) is 22.9 Å². The van der Waals surface area contributed by atoms with Crippen LogP contribution in [-0.2, 0) is 18.9 Å². The lowest BCUT2D eigenvalue weighted by Crippen LogP contribution is -2.74. The van der Waals surface area contributed by atoms with Gasteiger partial charge in [0.25, 0.3) is 0 Å². The summed E-state index contributed by atoms with van der Waals surface area (Å²) in [7, 11) is 0. The van der Waals surface area contributed by atoms with E-state index in [-0.39, 0.29) is 21.3 Å². The van der Waals surface area contributed by atoms with Crippen LogP contribution in [0.3, 0.4) is 0 Å². The second-order valence-corrected chi connectivity index (χ2v) is 9.25.